The summed E-state index contributed by atoms with van der Waals surface area (Å²) >= 11 is 0. The summed E-state index contributed by atoms with van der Waals surface area (Å²) < 4.78 is 0. The highest BCUT2D eigenvalue weighted by molar-refractivity contribution is 5.90. The number of hydrogen-bond donors (Lipinski definition) is 3. The van der Waals surface area contributed by atoms with Gasteiger partial charge < -0.3 is 15.7 Å². The first-order chi connectivity index (χ1) is 7.09. The molecule has 84 valence electrons. The number of carboxylic acid groups (broad SMARTS) is 1. The van der Waals surface area contributed by atoms with E-state index in [1.165, 1.54) is 0 Å². The van der Waals surface area contributed by atoms with Crippen LogP contribution in [-0.4, -0.2) is 35.5 Å². The molecule has 0 aliphatic carbocycles. The Morgan fingerprint density at radius 2 is 2.27 bits per heavy atom. The average Bonchev–Trinajstić information content (AvgIpc) is 2.59. The van der Waals surface area contributed by atoms with Gasteiger partial charge in [-0.1, -0.05) is 0 Å². The number of amides is 2. The highest BCUT2D eigenvalue weighted by atomic mass is 16.4. The number of nitrogens with one attached hydrogen (secondary N) is 2. The molecule has 1 aliphatic rings. The number of rotatable bonds is 5. The second-order valence-electron chi connectivity index (χ2n) is 3.45. The van der Waals surface area contributed by atoms with Crippen molar-refractivity contribution in [3.8, 4) is 0 Å². The first-order valence-electron chi connectivity index (χ1n) is 4.88. The number of carboxylic acids is 1. The van der Waals surface area contributed by atoms with E-state index in [9.17, 15) is 14.4 Å². The minimum atomic E-state index is -0.876. The van der Waals surface area contributed by atoms with Crippen molar-refractivity contribution < 1.29 is 19.5 Å². The summed E-state index contributed by atoms with van der Waals surface area (Å²) in [5.74, 6) is -1.22. The molecule has 6 nitrogen and oxygen atoms in total. The van der Waals surface area contributed by atoms with Crippen LogP contribution >= 0.6 is 0 Å². The zero-order valence-electron chi connectivity index (χ0n) is 8.28. The largest absolute Gasteiger partial charge is 0.481 e. The van der Waals surface area contributed by atoms with E-state index in [-0.39, 0.29) is 18.2 Å². The molecule has 0 unspecified atom stereocenters. The molecule has 1 saturated heterocycles. The Kier molecular flexibility index (Phi) is 4.08. The van der Waals surface area contributed by atoms with E-state index in [4.69, 9.17) is 5.11 Å². The Hall–Kier alpha value is -1.59. The van der Waals surface area contributed by atoms with Crippen molar-refractivity contribution >= 4 is 17.8 Å². The molecule has 2 amide bonds. The van der Waals surface area contributed by atoms with Gasteiger partial charge in [-0.2, -0.15) is 0 Å². The van der Waals surface area contributed by atoms with Crippen molar-refractivity contribution in [3.05, 3.63) is 0 Å². The molecule has 0 aromatic rings. The molecule has 1 aliphatic heterocycles. The fraction of sp³-hybridized carbons (Fsp3) is 0.667. The van der Waals surface area contributed by atoms with Gasteiger partial charge in [-0.25, -0.2) is 0 Å². The van der Waals surface area contributed by atoms with Gasteiger partial charge in [0.2, 0.25) is 11.8 Å². The van der Waals surface area contributed by atoms with E-state index in [0.717, 1.165) is 0 Å². The fourth-order valence-corrected chi connectivity index (χ4v) is 1.39. The fourth-order valence-electron chi connectivity index (χ4n) is 1.39. The van der Waals surface area contributed by atoms with Crippen LogP contribution in [0.5, 0.6) is 0 Å². The van der Waals surface area contributed by atoms with Crippen LogP contribution in [0, 0.1) is 0 Å². The first-order valence-corrected chi connectivity index (χ1v) is 4.88. The molecule has 0 spiro atoms. The van der Waals surface area contributed by atoms with Crippen molar-refractivity contribution in [3.63, 3.8) is 0 Å². The molecule has 0 saturated carbocycles. The van der Waals surface area contributed by atoms with Gasteiger partial charge in [0.15, 0.2) is 0 Å². The van der Waals surface area contributed by atoms with E-state index in [0.29, 0.717) is 25.8 Å². The summed E-state index contributed by atoms with van der Waals surface area (Å²) in [5.41, 5.74) is 0. The molecule has 3 N–H and O–H groups in total. The van der Waals surface area contributed by atoms with Crippen LogP contribution < -0.4 is 10.6 Å². The summed E-state index contributed by atoms with van der Waals surface area (Å²) in [4.78, 5) is 32.3. The Morgan fingerprint density at radius 3 is 2.80 bits per heavy atom. The third-order valence-corrected chi connectivity index (χ3v) is 2.18. The minimum Gasteiger partial charge on any atom is -0.481 e. The Labute approximate surface area is 87.0 Å². The van der Waals surface area contributed by atoms with Gasteiger partial charge in [-0.05, 0) is 12.8 Å². The smallest absolute Gasteiger partial charge is 0.303 e. The maximum Gasteiger partial charge on any atom is 0.303 e. The van der Waals surface area contributed by atoms with Crippen molar-refractivity contribution in [2.45, 2.75) is 31.7 Å². The maximum atomic E-state index is 11.4. The summed E-state index contributed by atoms with van der Waals surface area (Å²) in [6.07, 6.45) is 1.34. The van der Waals surface area contributed by atoms with Crippen LogP contribution in [0.25, 0.3) is 0 Å². The monoisotopic (exact) mass is 214 g/mol. The minimum absolute atomic E-state index is 0.0390. The zero-order chi connectivity index (χ0) is 11.3. The molecule has 0 radical (unpaired) electrons. The predicted octanol–water partition coefficient (Wildman–Crippen LogP) is -0.754. The van der Waals surface area contributed by atoms with Gasteiger partial charge in [0, 0.05) is 19.4 Å². The molecular weight excluding hydrogens is 200 g/mol. The van der Waals surface area contributed by atoms with Crippen molar-refractivity contribution in [2.75, 3.05) is 6.54 Å². The lowest BCUT2D eigenvalue weighted by atomic mass is 10.2. The van der Waals surface area contributed by atoms with Crippen molar-refractivity contribution in [2.24, 2.45) is 0 Å². The number of aliphatic carboxylic acids is 1. The summed E-state index contributed by atoms with van der Waals surface area (Å²) in [6.45, 7) is 0.331. The maximum absolute atomic E-state index is 11.4. The zero-order valence-corrected chi connectivity index (χ0v) is 8.28. The normalized spacial score (nSPS) is 19.7. The van der Waals surface area contributed by atoms with Crippen LogP contribution in [0.4, 0.5) is 0 Å². The van der Waals surface area contributed by atoms with Gasteiger partial charge >= 0.3 is 5.97 Å². The second kappa shape index (κ2) is 5.33. The van der Waals surface area contributed by atoms with Gasteiger partial charge in [-0.3, -0.25) is 14.4 Å². The molecule has 0 bridgehead atoms. The van der Waals surface area contributed by atoms with Gasteiger partial charge in [0.1, 0.15) is 6.04 Å². The Balaban J connectivity index is 2.13. The predicted molar refractivity (Wildman–Crippen MR) is 51.0 cm³/mol. The molecule has 15 heavy (non-hydrogen) atoms. The highest BCUT2D eigenvalue weighted by Gasteiger charge is 2.26. The van der Waals surface area contributed by atoms with E-state index in [2.05, 4.69) is 10.6 Å². The Bertz CT molecular complexity index is 277. The van der Waals surface area contributed by atoms with E-state index >= 15 is 0 Å². The number of carbonyl (C=O) groups is 3. The van der Waals surface area contributed by atoms with Crippen molar-refractivity contribution in [1.82, 2.24) is 10.6 Å². The van der Waals surface area contributed by atoms with Crippen LogP contribution in [-0.2, 0) is 14.4 Å². The lowest BCUT2D eigenvalue weighted by Crippen LogP contribution is -2.41. The summed E-state index contributed by atoms with van der Waals surface area (Å²) in [7, 11) is 0. The van der Waals surface area contributed by atoms with E-state index in [1.54, 1.807) is 0 Å². The van der Waals surface area contributed by atoms with E-state index in [1.807, 2.05) is 0 Å². The SMILES string of the molecule is O=C(O)CCCNC(=O)[C@@H]1CCC(=O)N1. The molecule has 1 heterocycles. The van der Waals surface area contributed by atoms with Crippen molar-refractivity contribution in [1.29, 1.82) is 0 Å². The molecule has 1 atom stereocenters. The number of carbonyl (C=O) groups excluding carboxylic acids is 2. The van der Waals surface area contributed by atoms with Crippen LogP contribution in [0.2, 0.25) is 0 Å². The number of hydrogen-bond acceptors (Lipinski definition) is 3. The van der Waals surface area contributed by atoms with Crippen LogP contribution in [0.3, 0.4) is 0 Å². The summed E-state index contributed by atoms with van der Waals surface area (Å²) in [6, 6.07) is -0.442. The lowest BCUT2D eigenvalue weighted by molar-refractivity contribution is -0.137. The lowest BCUT2D eigenvalue weighted by Gasteiger charge is -2.09. The molecule has 1 fully saturated rings. The molecule has 6 heteroatoms. The average molecular weight is 214 g/mol. The second-order valence-corrected chi connectivity index (χ2v) is 3.45. The molecule has 0 aromatic carbocycles. The van der Waals surface area contributed by atoms with Gasteiger partial charge in [0.05, 0.1) is 0 Å². The third kappa shape index (κ3) is 3.97. The Morgan fingerprint density at radius 1 is 1.53 bits per heavy atom. The van der Waals surface area contributed by atoms with Gasteiger partial charge in [0.25, 0.3) is 0 Å². The highest BCUT2D eigenvalue weighted by Crippen LogP contribution is 2.05. The quantitative estimate of drug-likeness (QED) is 0.524. The van der Waals surface area contributed by atoms with Crippen LogP contribution in [0.15, 0.2) is 0 Å². The standard InChI is InChI=1S/C9H14N2O4/c12-7-4-3-6(11-7)9(15)10-5-1-2-8(13)14/h6H,1-5H2,(H,10,15)(H,11,12)(H,13,14)/t6-/m0/s1. The molecule has 1 rings (SSSR count). The summed E-state index contributed by atoms with van der Waals surface area (Å²) in [5, 5.41) is 13.5. The third-order valence-electron chi connectivity index (χ3n) is 2.18. The molecular formula is C9H14N2O4. The molecule has 0 aromatic heterocycles. The van der Waals surface area contributed by atoms with E-state index < -0.39 is 12.0 Å². The van der Waals surface area contributed by atoms with Crippen LogP contribution in [0.1, 0.15) is 25.7 Å². The topological polar surface area (TPSA) is 95.5 Å². The van der Waals surface area contributed by atoms with Gasteiger partial charge in [-0.15, -0.1) is 0 Å². The first kappa shape index (κ1) is 11.5.